The molecule has 0 saturated heterocycles. The monoisotopic (exact) mass is 429 g/mol. The van der Waals surface area contributed by atoms with E-state index in [4.69, 9.17) is 4.74 Å². The molecule has 0 bridgehead atoms. The maximum atomic E-state index is 12.2. The van der Waals surface area contributed by atoms with E-state index in [1.165, 1.54) is 6.21 Å². The molecule has 0 aliphatic heterocycles. The van der Waals surface area contributed by atoms with Crippen LogP contribution in [0.3, 0.4) is 0 Å². The fourth-order valence-electron chi connectivity index (χ4n) is 2.79. The summed E-state index contributed by atoms with van der Waals surface area (Å²) >= 11 is 0. The SMILES string of the molecule is CCc1ccc(NC(=O)C(=O)NN=Cc2ccc(OC(=O)c3cccc(C)c3)cc2)cc1. The molecule has 0 heterocycles. The van der Waals surface area contributed by atoms with Gasteiger partial charge in [0.25, 0.3) is 0 Å². The van der Waals surface area contributed by atoms with Crippen molar-refractivity contribution in [3.8, 4) is 5.75 Å². The predicted molar refractivity (Wildman–Crippen MR) is 123 cm³/mol. The van der Waals surface area contributed by atoms with Gasteiger partial charge in [-0.2, -0.15) is 5.10 Å². The van der Waals surface area contributed by atoms with Gasteiger partial charge in [-0.05, 0) is 73.0 Å². The van der Waals surface area contributed by atoms with Crippen molar-refractivity contribution in [2.45, 2.75) is 20.3 Å². The summed E-state index contributed by atoms with van der Waals surface area (Å²) in [6.07, 6.45) is 2.27. The van der Waals surface area contributed by atoms with E-state index in [9.17, 15) is 14.4 Å². The highest BCUT2D eigenvalue weighted by atomic mass is 16.5. The smallest absolute Gasteiger partial charge is 0.343 e. The van der Waals surface area contributed by atoms with Gasteiger partial charge in [0.05, 0.1) is 11.8 Å². The Bertz CT molecular complexity index is 1140. The summed E-state index contributed by atoms with van der Waals surface area (Å²) in [4.78, 5) is 36.0. The molecule has 2 N–H and O–H groups in total. The van der Waals surface area contributed by atoms with Crippen molar-refractivity contribution in [1.82, 2.24) is 5.43 Å². The number of aryl methyl sites for hydroxylation is 2. The van der Waals surface area contributed by atoms with Gasteiger partial charge in [-0.25, -0.2) is 10.2 Å². The molecule has 3 rings (SSSR count). The Kier molecular flexibility index (Phi) is 7.48. The number of nitrogens with one attached hydrogen (secondary N) is 2. The number of anilines is 1. The van der Waals surface area contributed by atoms with E-state index in [2.05, 4.69) is 15.8 Å². The zero-order valence-electron chi connectivity index (χ0n) is 17.8. The molecule has 0 atom stereocenters. The lowest BCUT2D eigenvalue weighted by Gasteiger charge is -2.05. The van der Waals surface area contributed by atoms with E-state index >= 15 is 0 Å². The fourth-order valence-corrected chi connectivity index (χ4v) is 2.79. The van der Waals surface area contributed by atoms with Crippen molar-refractivity contribution in [2.75, 3.05) is 5.32 Å². The first kappa shape index (κ1) is 22.4. The number of nitrogens with zero attached hydrogens (tertiary/aromatic N) is 1. The van der Waals surface area contributed by atoms with E-state index in [-0.39, 0.29) is 0 Å². The molecule has 0 fully saturated rings. The van der Waals surface area contributed by atoms with Gasteiger partial charge in [0.15, 0.2) is 0 Å². The number of carbonyl (C=O) groups is 3. The van der Waals surface area contributed by atoms with Crippen LogP contribution in [0.2, 0.25) is 0 Å². The molecule has 0 aliphatic carbocycles. The molecular formula is C25H23N3O4. The molecule has 0 aliphatic rings. The van der Waals surface area contributed by atoms with Crippen LogP contribution >= 0.6 is 0 Å². The first-order valence-corrected chi connectivity index (χ1v) is 10.1. The summed E-state index contributed by atoms with van der Waals surface area (Å²) in [6, 6.07) is 20.9. The number of hydrazone groups is 1. The Hall–Kier alpha value is -4.26. The zero-order chi connectivity index (χ0) is 22.9. The van der Waals surface area contributed by atoms with Crippen LogP contribution in [0.15, 0.2) is 77.9 Å². The highest BCUT2D eigenvalue weighted by Crippen LogP contribution is 2.14. The molecule has 162 valence electrons. The van der Waals surface area contributed by atoms with Crippen LogP contribution in [0.4, 0.5) is 5.69 Å². The van der Waals surface area contributed by atoms with Crippen LogP contribution in [-0.4, -0.2) is 24.0 Å². The predicted octanol–water partition coefficient (Wildman–Crippen LogP) is 3.87. The van der Waals surface area contributed by atoms with Crippen LogP contribution in [0, 0.1) is 6.92 Å². The molecule has 0 unspecified atom stereocenters. The normalized spacial score (nSPS) is 10.6. The first-order valence-electron chi connectivity index (χ1n) is 10.1. The highest BCUT2D eigenvalue weighted by molar-refractivity contribution is 6.39. The summed E-state index contributed by atoms with van der Waals surface area (Å²) in [5, 5.41) is 6.30. The molecule has 7 heteroatoms. The summed E-state index contributed by atoms with van der Waals surface area (Å²) in [5.41, 5.74) is 5.93. The topological polar surface area (TPSA) is 96.9 Å². The Morgan fingerprint density at radius 2 is 1.66 bits per heavy atom. The minimum absolute atomic E-state index is 0.381. The molecule has 2 amide bonds. The number of hydrogen-bond donors (Lipinski definition) is 2. The second-order valence-corrected chi connectivity index (χ2v) is 7.03. The van der Waals surface area contributed by atoms with E-state index in [0.717, 1.165) is 17.5 Å². The van der Waals surface area contributed by atoms with Crippen molar-refractivity contribution < 1.29 is 19.1 Å². The van der Waals surface area contributed by atoms with E-state index in [0.29, 0.717) is 22.6 Å². The second-order valence-electron chi connectivity index (χ2n) is 7.03. The van der Waals surface area contributed by atoms with Crippen molar-refractivity contribution in [3.63, 3.8) is 0 Å². The van der Waals surface area contributed by atoms with Gasteiger partial charge in [-0.15, -0.1) is 0 Å². The highest BCUT2D eigenvalue weighted by Gasteiger charge is 2.13. The molecule has 0 saturated carbocycles. The van der Waals surface area contributed by atoms with Gasteiger partial charge in [-0.3, -0.25) is 9.59 Å². The van der Waals surface area contributed by atoms with Crippen molar-refractivity contribution in [2.24, 2.45) is 5.10 Å². The van der Waals surface area contributed by atoms with Crippen LogP contribution < -0.4 is 15.5 Å². The third kappa shape index (κ3) is 6.37. The van der Waals surface area contributed by atoms with E-state index < -0.39 is 17.8 Å². The summed E-state index contributed by atoms with van der Waals surface area (Å²) < 4.78 is 5.35. The van der Waals surface area contributed by atoms with Crippen molar-refractivity contribution >= 4 is 29.7 Å². The molecule has 7 nitrogen and oxygen atoms in total. The van der Waals surface area contributed by atoms with E-state index in [1.54, 1.807) is 54.6 Å². The number of carbonyl (C=O) groups excluding carboxylic acids is 3. The molecule has 0 aromatic heterocycles. The maximum absolute atomic E-state index is 12.2. The Labute approximate surface area is 186 Å². The largest absolute Gasteiger partial charge is 0.423 e. The maximum Gasteiger partial charge on any atom is 0.343 e. The first-order chi connectivity index (χ1) is 15.4. The fraction of sp³-hybridized carbons (Fsp3) is 0.120. The molecule has 3 aromatic carbocycles. The third-order valence-corrected chi connectivity index (χ3v) is 4.55. The number of amides is 2. The number of hydrogen-bond acceptors (Lipinski definition) is 5. The molecule has 0 radical (unpaired) electrons. The molecular weight excluding hydrogens is 406 g/mol. The molecule has 0 spiro atoms. The lowest BCUT2D eigenvalue weighted by molar-refractivity contribution is -0.136. The average Bonchev–Trinajstić information content (AvgIpc) is 2.80. The van der Waals surface area contributed by atoms with Gasteiger partial charge in [0.2, 0.25) is 0 Å². The number of ether oxygens (including phenoxy) is 1. The lowest BCUT2D eigenvalue weighted by Crippen LogP contribution is -2.32. The summed E-state index contributed by atoms with van der Waals surface area (Å²) in [7, 11) is 0. The second kappa shape index (κ2) is 10.7. The van der Waals surface area contributed by atoms with Crippen LogP contribution in [0.25, 0.3) is 0 Å². The zero-order valence-corrected chi connectivity index (χ0v) is 17.8. The number of benzene rings is 3. The Morgan fingerprint density at radius 1 is 0.938 bits per heavy atom. The van der Waals surface area contributed by atoms with Gasteiger partial charge >= 0.3 is 17.8 Å². The number of rotatable bonds is 6. The van der Waals surface area contributed by atoms with Crippen LogP contribution in [0.1, 0.15) is 34.0 Å². The van der Waals surface area contributed by atoms with E-state index in [1.807, 2.05) is 32.0 Å². The van der Waals surface area contributed by atoms with Gasteiger partial charge in [0.1, 0.15) is 5.75 Å². The standard InChI is InChI=1S/C25H23N3O4/c1-3-18-7-11-21(12-8-18)27-23(29)24(30)28-26-16-19-9-13-22(14-10-19)32-25(31)20-6-4-5-17(2)15-20/h4-16H,3H2,1-2H3,(H,27,29)(H,28,30). The van der Waals surface area contributed by atoms with Gasteiger partial charge in [-0.1, -0.05) is 36.8 Å². The van der Waals surface area contributed by atoms with Crippen molar-refractivity contribution in [3.05, 3.63) is 95.1 Å². The third-order valence-electron chi connectivity index (χ3n) is 4.55. The molecule has 32 heavy (non-hydrogen) atoms. The lowest BCUT2D eigenvalue weighted by atomic mass is 10.1. The van der Waals surface area contributed by atoms with Crippen molar-refractivity contribution in [1.29, 1.82) is 0 Å². The van der Waals surface area contributed by atoms with Crippen LogP contribution in [-0.2, 0) is 16.0 Å². The average molecular weight is 429 g/mol. The number of esters is 1. The minimum Gasteiger partial charge on any atom is -0.423 e. The Balaban J connectivity index is 1.50. The quantitative estimate of drug-likeness (QED) is 0.204. The summed E-state index contributed by atoms with van der Waals surface area (Å²) in [5.74, 6) is -1.77. The van der Waals surface area contributed by atoms with Crippen LogP contribution in [0.5, 0.6) is 5.75 Å². The minimum atomic E-state index is -0.885. The van der Waals surface area contributed by atoms with Gasteiger partial charge < -0.3 is 10.1 Å². The Morgan fingerprint density at radius 3 is 2.31 bits per heavy atom. The molecule has 3 aromatic rings. The van der Waals surface area contributed by atoms with Gasteiger partial charge in [0, 0.05) is 5.69 Å². The summed E-state index contributed by atoms with van der Waals surface area (Å²) in [6.45, 7) is 3.93.